The molecule has 0 saturated heterocycles. The molecule has 3 heterocycles. The summed E-state index contributed by atoms with van der Waals surface area (Å²) in [5, 5.41) is 7.75. The minimum absolute atomic E-state index is 0.0735. The Hall–Kier alpha value is -3.17. The van der Waals surface area contributed by atoms with Crippen molar-refractivity contribution < 1.29 is 4.74 Å². The second kappa shape index (κ2) is 8.16. The third-order valence-corrected chi connectivity index (χ3v) is 6.72. The molecule has 0 aliphatic heterocycles. The van der Waals surface area contributed by atoms with E-state index in [0.29, 0.717) is 34.0 Å². The van der Waals surface area contributed by atoms with Crippen molar-refractivity contribution in [2.45, 2.75) is 31.4 Å². The lowest BCUT2D eigenvalue weighted by atomic mass is 10.1. The van der Waals surface area contributed by atoms with Crippen LogP contribution in [0, 0.1) is 13.8 Å². The van der Waals surface area contributed by atoms with Gasteiger partial charge in [-0.05, 0) is 43.2 Å². The zero-order valence-electron chi connectivity index (χ0n) is 17.0. The predicted octanol–water partition coefficient (Wildman–Crippen LogP) is 4.52. The molecule has 7 nitrogen and oxygen atoms in total. The topological polar surface area (TPSA) is 85.2 Å². The number of aromatic amines is 1. The van der Waals surface area contributed by atoms with Crippen molar-refractivity contribution in [1.82, 2.24) is 24.6 Å². The standard InChI is InChI=1S/C22H19N5O2S2/c1-13-7-8-14(2)17(9-13)29-11-19-24-21(26-25-19)30-12-15-10-20(28)27-16-5-3-4-6-18(16)31-22(27)23-15/h3-10H,11-12H2,1-2H3,(H,24,25,26). The number of aromatic nitrogens is 5. The first kappa shape index (κ1) is 19.8. The molecule has 0 fully saturated rings. The molecule has 5 rings (SSSR count). The Labute approximate surface area is 186 Å². The molecule has 2 aromatic carbocycles. The SMILES string of the molecule is Cc1ccc(C)c(OCc2nc(SCc3cc(=O)n4c(n3)sc3ccccc34)n[nH]2)c1. The molecule has 9 heteroatoms. The number of para-hydroxylation sites is 1. The molecule has 0 spiro atoms. The lowest BCUT2D eigenvalue weighted by Crippen LogP contribution is -2.13. The minimum atomic E-state index is -0.0735. The van der Waals surface area contributed by atoms with Crippen molar-refractivity contribution in [3.8, 4) is 5.75 Å². The van der Waals surface area contributed by atoms with Crippen molar-refractivity contribution in [1.29, 1.82) is 0 Å². The monoisotopic (exact) mass is 449 g/mol. The average Bonchev–Trinajstić information content (AvgIpc) is 3.37. The van der Waals surface area contributed by atoms with Crippen molar-refractivity contribution >= 4 is 38.3 Å². The Morgan fingerprint density at radius 1 is 1.13 bits per heavy atom. The fraction of sp³-hybridized carbons (Fsp3) is 0.182. The first-order valence-corrected chi connectivity index (χ1v) is 11.5. The van der Waals surface area contributed by atoms with Crippen LogP contribution in [0.15, 0.2) is 58.5 Å². The summed E-state index contributed by atoms with van der Waals surface area (Å²) in [6.45, 7) is 4.36. The second-order valence-corrected chi connectivity index (χ2v) is 9.14. The summed E-state index contributed by atoms with van der Waals surface area (Å²) in [5.41, 5.74) is 3.75. The molecule has 5 aromatic rings. The molecule has 0 unspecified atom stereocenters. The molecule has 31 heavy (non-hydrogen) atoms. The predicted molar refractivity (Wildman–Crippen MR) is 123 cm³/mol. The molecule has 0 bridgehead atoms. The molecule has 0 aliphatic carbocycles. The Bertz CT molecular complexity index is 1450. The number of aryl methyl sites for hydroxylation is 2. The van der Waals surface area contributed by atoms with Gasteiger partial charge in [-0.3, -0.25) is 14.3 Å². The van der Waals surface area contributed by atoms with E-state index in [1.165, 1.54) is 23.1 Å². The minimum Gasteiger partial charge on any atom is -0.485 e. The maximum absolute atomic E-state index is 12.6. The van der Waals surface area contributed by atoms with Crippen LogP contribution < -0.4 is 10.3 Å². The van der Waals surface area contributed by atoms with Crippen molar-refractivity contribution in [2.75, 3.05) is 0 Å². The molecule has 0 amide bonds. The zero-order chi connectivity index (χ0) is 21.4. The van der Waals surface area contributed by atoms with Gasteiger partial charge in [0.2, 0.25) is 5.16 Å². The van der Waals surface area contributed by atoms with Gasteiger partial charge in [-0.2, -0.15) is 0 Å². The highest BCUT2D eigenvalue weighted by atomic mass is 32.2. The number of benzene rings is 2. The molecule has 0 atom stereocenters. The van der Waals surface area contributed by atoms with Gasteiger partial charge in [0, 0.05) is 11.8 Å². The van der Waals surface area contributed by atoms with Crippen LogP contribution in [0.3, 0.4) is 0 Å². The van der Waals surface area contributed by atoms with Gasteiger partial charge in [0.15, 0.2) is 10.8 Å². The summed E-state index contributed by atoms with van der Waals surface area (Å²) in [5.74, 6) is 2.00. The van der Waals surface area contributed by atoms with Gasteiger partial charge in [0.05, 0.1) is 15.9 Å². The van der Waals surface area contributed by atoms with Gasteiger partial charge < -0.3 is 4.74 Å². The number of ether oxygens (including phenoxy) is 1. The van der Waals surface area contributed by atoms with Gasteiger partial charge >= 0.3 is 0 Å². The number of nitrogens with zero attached hydrogens (tertiary/aromatic N) is 4. The van der Waals surface area contributed by atoms with Crippen molar-refractivity contribution in [3.63, 3.8) is 0 Å². The van der Waals surface area contributed by atoms with Gasteiger partial charge in [-0.25, -0.2) is 9.97 Å². The second-order valence-electron chi connectivity index (χ2n) is 7.18. The summed E-state index contributed by atoms with van der Waals surface area (Å²) >= 11 is 2.94. The summed E-state index contributed by atoms with van der Waals surface area (Å²) in [6, 6.07) is 15.5. The number of rotatable bonds is 6. The van der Waals surface area contributed by atoms with Crippen LogP contribution in [0.1, 0.15) is 22.6 Å². The van der Waals surface area contributed by atoms with Gasteiger partial charge in [0.1, 0.15) is 12.4 Å². The molecular weight excluding hydrogens is 430 g/mol. The average molecular weight is 450 g/mol. The van der Waals surface area contributed by atoms with E-state index < -0.39 is 0 Å². The molecule has 0 radical (unpaired) electrons. The van der Waals surface area contributed by atoms with Crippen LogP contribution in [-0.2, 0) is 12.4 Å². The van der Waals surface area contributed by atoms with Gasteiger partial charge in [-0.15, -0.1) is 5.10 Å². The summed E-state index contributed by atoms with van der Waals surface area (Å²) in [4.78, 5) is 22.5. The highest BCUT2D eigenvalue weighted by Gasteiger charge is 2.11. The van der Waals surface area contributed by atoms with E-state index in [2.05, 4.69) is 26.2 Å². The van der Waals surface area contributed by atoms with Crippen molar-refractivity contribution in [3.05, 3.63) is 81.5 Å². The zero-order valence-corrected chi connectivity index (χ0v) is 18.6. The fourth-order valence-corrected chi connectivity index (χ4v) is 5.01. The molecular formula is C22H19N5O2S2. The first-order chi connectivity index (χ1) is 15.1. The lowest BCUT2D eigenvalue weighted by Gasteiger charge is -2.08. The molecule has 3 aromatic heterocycles. The highest BCUT2D eigenvalue weighted by molar-refractivity contribution is 7.98. The van der Waals surface area contributed by atoms with Crippen LogP contribution in [0.4, 0.5) is 0 Å². The van der Waals surface area contributed by atoms with Crippen LogP contribution >= 0.6 is 23.1 Å². The van der Waals surface area contributed by atoms with E-state index in [0.717, 1.165) is 27.1 Å². The van der Waals surface area contributed by atoms with E-state index in [1.807, 2.05) is 50.2 Å². The van der Waals surface area contributed by atoms with E-state index in [4.69, 9.17) is 4.74 Å². The summed E-state index contributed by atoms with van der Waals surface area (Å²) in [7, 11) is 0. The quantitative estimate of drug-likeness (QED) is 0.384. The fourth-order valence-electron chi connectivity index (χ4n) is 3.25. The highest BCUT2D eigenvalue weighted by Crippen LogP contribution is 2.25. The maximum Gasteiger partial charge on any atom is 0.259 e. The molecule has 0 aliphatic rings. The number of H-pyrrole nitrogens is 1. The van der Waals surface area contributed by atoms with Crippen molar-refractivity contribution in [2.24, 2.45) is 0 Å². The van der Waals surface area contributed by atoms with Crippen LogP contribution in [0.2, 0.25) is 0 Å². The summed E-state index contributed by atoms with van der Waals surface area (Å²) in [6.07, 6.45) is 0. The maximum atomic E-state index is 12.6. The largest absolute Gasteiger partial charge is 0.485 e. The number of thioether (sulfide) groups is 1. The van der Waals surface area contributed by atoms with E-state index in [9.17, 15) is 4.79 Å². The van der Waals surface area contributed by atoms with Crippen LogP contribution in [0.25, 0.3) is 15.2 Å². The van der Waals surface area contributed by atoms with Crippen LogP contribution in [-0.4, -0.2) is 24.6 Å². The third kappa shape index (κ3) is 4.06. The number of nitrogens with one attached hydrogen (secondary N) is 1. The summed E-state index contributed by atoms with van der Waals surface area (Å²) < 4.78 is 8.57. The Kier molecular flexibility index (Phi) is 5.21. The number of thiazole rings is 1. The van der Waals surface area contributed by atoms with E-state index in [1.54, 1.807) is 10.5 Å². The Balaban J connectivity index is 1.28. The van der Waals surface area contributed by atoms with E-state index in [-0.39, 0.29) is 5.56 Å². The van der Waals surface area contributed by atoms with E-state index >= 15 is 0 Å². The molecule has 1 N–H and O–H groups in total. The lowest BCUT2D eigenvalue weighted by molar-refractivity contribution is 0.294. The number of hydrogen-bond donors (Lipinski definition) is 1. The van der Waals surface area contributed by atoms with Gasteiger partial charge in [-0.1, -0.05) is 47.4 Å². The molecule has 156 valence electrons. The third-order valence-electron chi connectivity index (χ3n) is 4.82. The number of fused-ring (bicyclic) bond motifs is 3. The smallest absolute Gasteiger partial charge is 0.259 e. The number of hydrogen-bond acceptors (Lipinski definition) is 7. The Morgan fingerprint density at radius 2 is 2.00 bits per heavy atom. The first-order valence-electron chi connectivity index (χ1n) is 9.71. The van der Waals surface area contributed by atoms with Crippen LogP contribution in [0.5, 0.6) is 5.75 Å². The van der Waals surface area contributed by atoms with Gasteiger partial charge in [0.25, 0.3) is 5.56 Å². The Morgan fingerprint density at radius 3 is 2.90 bits per heavy atom. The normalized spacial score (nSPS) is 11.4. The molecule has 0 saturated carbocycles.